The Morgan fingerprint density at radius 1 is 1.24 bits per heavy atom. The second-order valence-electron chi connectivity index (χ2n) is 7.24. The highest BCUT2D eigenvalue weighted by atomic mass is 32.2. The lowest BCUT2D eigenvalue weighted by molar-refractivity contribution is -0.116. The zero-order valence-electron chi connectivity index (χ0n) is 16.1. The molecule has 0 aliphatic carbocycles. The molecule has 0 saturated carbocycles. The van der Waals surface area contributed by atoms with Crippen LogP contribution in [0.4, 0.5) is 5.69 Å². The zero-order valence-corrected chi connectivity index (χ0v) is 17.8. The van der Waals surface area contributed by atoms with Crippen molar-refractivity contribution in [3.63, 3.8) is 0 Å². The number of pyridine rings is 1. The number of benzene rings is 2. The van der Waals surface area contributed by atoms with Crippen LogP contribution in [0.2, 0.25) is 0 Å². The van der Waals surface area contributed by atoms with E-state index in [1.807, 2.05) is 44.2 Å². The summed E-state index contributed by atoms with van der Waals surface area (Å²) in [6, 6.07) is 14.6. The molecule has 8 heteroatoms. The van der Waals surface area contributed by atoms with E-state index in [9.17, 15) is 13.2 Å². The van der Waals surface area contributed by atoms with Crippen LogP contribution >= 0.6 is 11.8 Å². The minimum absolute atomic E-state index is 0.0304. The van der Waals surface area contributed by atoms with E-state index >= 15 is 0 Å². The predicted molar refractivity (Wildman–Crippen MR) is 116 cm³/mol. The summed E-state index contributed by atoms with van der Waals surface area (Å²) >= 11 is 1.41. The Morgan fingerprint density at radius 2 is 2.00 bits per heavy atom. The first-order valence-corrected chi connectivity index (χ1v) is 11.7. The first-order chi connectivity index (χ1) is 13.7. The molecule has 1 atom stereocenters. The molecule has 0 bridgehead atoms. The molecule has 2 heterocycles. The lowest BCUT2D eigenvalue weighted by Crippen LogP contribution is -2.37. The first kappa shape index (κ1) is 19.9. The third-order valence-electron chi connectivity index (χ3n) is 5.11. The molecule has 1 amide bonds. The highest BCUT2D eigenvalue weighted by Crippen LogP contribution is 2.34. The maximum Gasteiger partial charge on any atom is 0.238 e. The van der Waals surface area contributed by atoms with Crippen LogP contribution in [0, 0.1) is 6.92 Å². The Kier molecular flexibility index (Phi) is 5.10. The maximum atomic E-state index is 13.0. The van der Waals surface area contributed by atoms with E-state index in [2.05, 4.69) is 4.98 Å². The van der Waals surface area contributed by atoms with Crippen molar-refractivity contribution >= 4 is 44.3 Å². The average Bonchev–Trinajstić information content (AvgIpc) is 3.00. The van der Waals surface area contributed by atoms with Crippen molar-refractivity contribution in [1.82, 2.24) is 4.98 Å². The van der Waals surface area contributed by atoms with Crippen LogP contribution < -0.4 is 10.0 Å². The minimum Gasteiger partial charge on any atom is -0.308 e. The van der Waals surface area contributed by atoms with Gasteiger partial charge in [-0.25, -0.2) is 18.5 Å². The SMILES string of the molecule is Cc1cc(SCC(=O)N2c3ccc(S(N)(=O)=O)cc3CC2C)nc2ccccc12. The number of carbonyl (C=O) groups excluding carboxylic acids is 1. The quantitative estimate of drug-likeness (QED) is 0.645. The Labute approximate surface area is 174 Å². The number of nitrogens with zero attached hydrogens (tertiary/aromatic N) is 2. The van der Waals surface area contributed by atoms with Crippen molar-refractivity contribution in [2.24, 2.45) is 5.14 Å². The highest BCUT2D eigenvalue weighted by Gasteiger charge is 2.31. The molecule has 6 nitrogen and oxygen atoms in total. The van der Waals surface area contributed by atoms with Crippen molar-refractivity contribution in [2.45, 2.75) is 36.2 Å². The van der Waals surface area contributed by atoms with Crippen molar-refractivity contribution in [2.75, 3.05) is 10.7 Å². The maximum absolute atomic E-state index is 13.0. The van der Waals surface area contributed by atoms with Gasteiger partial charge in [0.25, 0.3) is 0 Å². The molecule has 0 radical (unpaired) electrons. The molecular weight excluding hydrogens is 406 g/mol. The molecule has 4 rings (SSSR count). The van der Waals surface area contributed by atoms with Crippen LogP contribution in [0.25, 0.3) is 10.9 Å². The number of thioether (sulfide) groups is 1. The number of sulfonamides is 1. The van der Waals surface area contributed by atoms with E-state index < -0.39 is 10.0 Å². The normalized spacial score (nSPS) is 16.2. The summed E-state index contributed by atoms with van der Waals surface area (Å²) < 4.78 is 23.2. The molecule has 0 fully saturated rings. The Morgan fingerprint density at radius 3 is 2.76 bits per heavy atom. The van der Waals surface area contributed by atoms with E-state index in [1.54, 1.807) is 17.0 Å². The van der Waals surface area contributed by atoms with E-state index in [0.717, 1.165) is 32.7 Å². The summed E-state index contributed by atoms with van der Waals surface area (Å²) in [4.78, 5) is 19.4. The van der Waals surface area contributed by atoms with Crippen LogP contribution in [0.1, 0.15) is 18.1 Å². The minimum atomic E-state index is -3.76. The predicted octanol–water partition coefficient (Wildman–Crippen LogP) is 3.26. The number of hydrogen-bond donors (Lipinski definition) is 1. The zero-order chi connectivity index (χ0) is 20.8. The van der Waals surface area contributed by atoms with Crippen molar-refractivity contribution in [1.29, 1.82) is 0 Å². The fourth-order valence-corrected chi connectivity index (χ4v) is 5.16. The van der Waals surface area contributed by atoms with Crippen molar-refractivity contribution in [3.8, 4) is 0 Å². The largest absolute Gasteiger partial charge is 0.308 e. The van der Waals surface area contributed by atoms with Gasteiger partial charge < -0.3 is 4.90 Å². The molecule has 0 spiro atoms. The number of nitrogens with two attached hydrogens (primary N) is 1. The molecule has 2 aromatic carbocycles. The lowest BCUT2D eigenvalue weighted by Gasteiger charge is -2.22. The summed E-state index contributed by atoms with van der Waals surface area (Å²) in [7, 11) is -3.76. The third kappa shape index (κ3) is 3.88. The third-order valence-corrected chi connectivity index (χ3v) is 6.91. The molecule has 150 valence electrons. The molecule has 3 aromatic rings. The number of fused-ring (bicyclic) bond motifs is 2. The molecule has 1 unspecified atom stereocenters. The van der Waals surface area contributed by atoms with Crippen LogP contribution in [0.5, 0.6) is 0 Å². The van der Waals surface area contributed by atoms with Crippen molar-refractivity contribution in [3.05, 3.63) is 59.7 Å². The topological polar surface area (TPSA) is 93.4 Å². The van der Waals surface area contributed by atoms with Crippen LogP contribution in [0.15, 0.2) is 58.5 Å². The summed E-state index contributed by atoms with van der Waals surface area (Å²) in [5, 5.41) is 7.14. The van der Waals surface area contributed by atoms with E-state index in [-0.39, 0.29) is 22.6 Å². The van der Waals surface area contributed by atoms with E-state index in [0.29, 0.717) is 6.42 Å². The first-order valence-electron chi connectivity index (χ1n) is 9.21. The van der Waals surface area contributed by atoms with Crippen LogP contribution in [-0.2, 0) is 21.2 Å². The van der Waals surface area contributed by atoms with Gasteiger partial charge in [0.1, 0.15) is 0 Å². The summed E-state index contributed by atoms with van der Waals surface area (Å²) in [6.07, 6.45) is 0.600. The van der Waals surface area contributed by atoms with Gasteiger partial charge in [0.2, 0.25) is 15.9 Å². The fourth-order valence-electron chi connectivity index (χ4n) is 3.76. The van der Waals surface area contributed by atoms with Gasteiger partial charge in [-0.1, -0.05) is 30.0 Å². The van der Waals surface area contributed by atoms with E-state index in [1.165, 1.54) is 17.8 Å². The molecule has 29 heavy (non-hydrogen) atoms. The van der Waals surface area contributed by atoms with Gasteiger partial charge in [0.15, 0.2) is 0 Å². The average molecular weight is 428 g/mol. The summed E-state index contributed by atoms with van der Waals surface area (Å²) in [5.74, 6) is 0.225. The Bertz CT molecular complexity index is 1230. The highest BCUT2D eigenvalue weighted by molar-refractivity contribution is 7.99. The summed E-state index contributed by atoms with van der Waals surface area (Å²) in [5.41, 5.74) is 3.61. The number of rotatable bonds is 4. The molecular formula is C21H21N3O3S2. The molecule has 1 aromatic heterocycles. The lowest BCUT2D eigenvalue weighted by atomic mass is 10.1. The van der Waals surface area contributed by atoms with Gasteiger partial charge in [0.05, 0.1) is 21.2 Å². The van der Waals surface area contributed by atoms with Gasteiger partial charge in [0, 0.05) is 17.1 Å². The number of aromatic nitrogens is 1. The number of primary sulfonamides is 1. The van der Waals surface area contributed by atoms with Crippen LogP contribution in [0.3, 0.4) is 0 Å². The molecule has 1 aliphatic heterocycles. The standard InChI is InChI=1S/C21H21N3O3S2/c1-13-9-20(23-18-6-4-3-5-17(13)18)28-12-21(25)24-14(2)10-15-11-16(29(22,26)27)7-8-19(15)24/h3-9,11,14H,10,12H2,1-2H3,(H2,22,26,27). The number of para-hydroxylation sites is 1. The molecule has 2 N–H and O–H groups in total. The van der Waals surface area contributed by atoms with Gasteiger partial charge in [-0.3, -0.25) is 4.79 Å². The molecule has 1 aliphatic rings. The summed E-state index contributed by atoms with van der Waals surface area (Å²) in [6.45, 7) is 4.00. The van der Waals surface area contributed by atoms with Gasteiger partial charge in [-0.15, -0.1) is 0 Å². The second kappa shape index (κ2) is 7.44. The fraction of sp³-hybridized carbons (Fsp3) is 0.238. The number of amides is 1. The van der Waals surface area contributed by atoms with Gasteiger partial charge in [-0.05, 0) is 61.7 Å². The van der Waals surface area contributed by atoms with Gasteiger partial charge in [-0.2, -0.15) is 0 Å². The number of carbonyl (C=O) groups is 1. The monoisotopic (exact) mass is 427 g/mol. The van der Waals surface area contributed by atoms with E-state index in [4.69, 9.17) is 5.14 Å². The Hall–Kier alpha value is -2.42. The second-order valence-corrected chi connectivity index (χ2v) is 9.79. The number of aryl methyl sites for hydroxylation is 1. The van der Waals surface area contributed by atoms with Crippen molar-refractivity contribution < 1.29 is 13.2 Å². The number of hydrogen-bond acceptors (Lipinski definition) is 5. The Balaban J connectivity index is 1.54. The number of anilines is 1. The van der Waals surface area contributed by atoms with Crippen LogP contribution in [-0.4, -0.2) is 31.1 Å². The smallest absolute Gasteiger partial charge is 0.238 e. The van der Waals surface area contributed by atoms with Gasteiger partial charge >= 0.3 is 0 Å². The molecule has 0 saturated heterocycles.